The maximum Gasteiger partial charge on any atom is 0.260 e. The van der Waals surface area contributed by atoms with Gasteiger partial charge < -0.3 is 14.5 Å². The summed E-state index contributed by atoms with van der Waals surface area (Å²) in [4.78, 5) is 28.6. The van der Waals surface area contributed by atoms with Crippen LogP contribution in [0.1, 0.15) is 22.3 Å². The van der Waals surface area contributed by atoms with Gasteiger partial charge >= 0.3 is 0 Å². The van der Waals surface area contributed by atoms with Crippen LogP contribution in [0, 0.1) is 6.92 Å². The van der Waals surface area contributed by atoms with E-state index in [2.05, 4.69) is 0 Å². The highest BCUT2D eigenvalue weighted by atomic mass is 35.5. The van der Waals surface area contributed by atoms with Crippen molar-refractivity contribution in [2.75, 3.05) is 32.8 Å². The van der Waals surface area contributed by atoms with Gasteiger partial charge in [0.15, 0.2) is 6.61 Å². The van der Waals surface area contributed by atoms with Gasteiger partial charge in [0.25, 0.3) is 11.8 Å². The topological polar surface area (TPSA) is 49.9 Å². The summed E-state index contributed by atoms with van der Waals surface area (Å²) in [6, 6.07) is 14.5. The van der Waals surface area contributed by atoms with E-state index in [4.69, 9.17) is 16.3 Å². The molecule has 1 fully saturated rings. The number of rotatable bonds is 4. The Hall–Kier alpha value is -2.53. The van der Waals surface area contributed by atoms with Crippen LogP contribution in [-0.4, -0.2) is 54.4 Å². The minimum absolute atomic E-state index is 0.00813. The van der Waals surface area contributed by atoms with Crippen LogP contribution < -0.4 is 4.74 Å². The largest absolute Gasteiger partial charge is 0.484 e. The number of benzene rings is 2. The van der Waals surface area contributed by atoms with E-state index in [1.54, 1.807) is 34.1 Å². The molecule has 3 rings (SSSR count). The Morgan fingerprint density at radius 3 is 2.26 bits per heavy atom. The molecule has 0 saturated carbocycles. The molecule has 2 aromatic carbocycles. The van der Waals surface area contributed by atoms with Crippen molar-refractivity contribution in [1.82, 2.24) is 9.80 Å². The average molecular weight is 387 g/mol. The molecule has 0 aromatic heterocycles. The van der Waals surface area contributed by atoms with E-state index in [1.165, 1.54) is 0 Å². The molecular formula is C21H23ClN2O3. The highest BCUT2D eigenvalue weighted by molar-refractivity contribution is 6.30. The molecule has 1 saturated heterocycles. The highest BCUT2D eigenvalue weighted by Gasteiger charge is 2.23. The summed E-state index contributed by atoms with van der Waals surface area (Å²) in [7, 11) is 0. The summed E-state index contributed by atoms with van der Waals surface area (Å²) in [6.45, 7) is 4.29. The van der Waals surface area contributed by atoms with Gasteiger partial charge in [0.1, 0.15) is 5.75 Å². The molecule has 0 spiro atoms. The zero-order valence-corrected chi connectivity index (χ0v) is 16.1. The Morgan fingerprint density at radius 2 is 1.56 bits per heavy atom. The van der Waals surface area contributed by atoms with Gasteiger partial charge in [-0.25, -0.2) is 0 Å². The van der Waals surface area contributed by atoms with Crippen molar-refractivity contribution in [3.05, 3.63) is 64.7 Å². The molecule has 2 aromatic rings. The number of carbonyl (C=O) groups is 2. The minimum atomic E-state index is -0.0589. The van der Waals surface area contributed by atoms with Crippen molar-refractivity contribution in [2.24, 2.45) is 0 Å². The third kappa shape index (κ3) is 5.23. The van der Waals surface area contributed by atoms with Gasteiger partial charge in [-0.3, -0.25) is 9.59 Å². The number of amides is 2. The first-order valence-corrected chi connectivity index (χ1v) is 9.43. The van der Waals surface area contributed by atoms with Crippen molar-refractivity contribution in [3.8, 4) is 5.75 Å². The fraction of sp³-hybridized carbons (Fsp3) is 0.333. The maximum absolute atomic E-state index is 12.6. The number of nitrogens with zero attached hydrogens (tertiary/aromatic N) is 2. The van der Waals surface area contributed by atoms with Gasteiger partial charge in [0, 0.05) is 36.8 Å². The molecule has 0 aliphatic carbocycles. The standard InChI is InChI=1S/C21H23ClN2O3/c1-16-3-9-19(10-4-16)27-15-20(25)23-11-2-12-24(14-13-23)21(26)17-5-7-18(22)8-6-17/h3-10H,2,11-15H2,1H3. The summed E-state index contributed by atoms with van der Waals surface area (Å²) in [5.41, 5.74) is 1.76. The Balaban J connectivity index is 1.52. The molecule has 1 aliphatic rings. The van der Waals surface area contributed by atoms with Crippen LogP contribution in [0.3, 0.4) is 0 Å². The van der Waals surface area contributed by atoms with Gasteiger partial charge in [-0.15, -0.1) is 0 Å². The first-order chi connectivity index (χ1) is 13.0. The normalized spacial score (nSPS) is 14.6. The predicted octanol–water partition coefficient (Wildman–Crippen LogP) is 3.40. The highest BCUT2D eigenvalue weighted by Crippen LogP contribution is 2.14. The molecule has 6 heteroatoms. The second kappa shape index (κ2) is 8.91. The molecule has 2 amide bonds. The smallest absolute Gasteiger partial charge is 0.260 e. The van der Waals surface area contributed by atoms with Gasteiger partial charge in [-0.1, -0.05) is 29.3 Å². The zero-order valence-electron chi connectivity index (χ0n) is 15.4. The lowest BCUT2D eigenvalue weighted by Gasteiger charge is -2.22. The third-order valence-corrected chi connectivity index (χ3v) is 4.86. The second-order valence-corrected chi connectivity index (χ2v) is 7.07. The Labute approximate surface area is 164 Å². The Morgan fingerprint density at radius 1 is 0.926 bits per heavy atom. The van der Waals surface area contributed by atoms with Gasteiger partial charge in [-0.2, -0.15) is 0 Å². The SMILES string of the molecule is Cc1ccc(OCC(=O)N2CCCN(C(=O)c3ccc(Cl)cc3)CC2)cc1. The van der Waals surface area contributed by atoms with E-state index in [9.17, 15) is 9.59 Å². The van der Waals surface area contributed by atoms with E-state index < -0.39 is 0 Å². The Kier molecular flexibility index (Phi) is 6.35. The predicted molar refractivity (Wildman–Crippen MR) is 105 cm³/mol. The maximum atomic E-state index is 12.6. The number of ether oxygens (including phenoxy) is 1. The van der Waals surface area contributed by atoms with Crippen LogP contribution in [-0.2, 0) is 4.79 Å². The quantitative estimate of drug-likeness (QED) is 0.809. The van der Waals surface area contributed by atoms with Crippen molar-refractivity contribution in [1.29, 1.82) is 0 Å². The summed E-state index contributed by atoms with van der Waals surface area (Å²) < 4.78 is 5.59. The number of halogens is 1. The molecular weight excluding hydrogens is 364 g/mol. The molecule has 5 nitrogen and oxygen atoms in total. The van der Waals surface area contributed by atoms with Crippen molar-refractivity contribution < 1.29 is 14.3 Å². The first kappa shape index (κ1) is 19.2. The third-order valence-electron chi connectivity index (χ3n) is 4.61. The molecule has 1 aliphatic heterocycles. The van der Waals surface area contributed by atoms with Crippen molar-refractivity contribution >= 4 is 23.4 Å². The van der Waals surface area contributed by atoms with Crippen LogP contribution in [0.5, 0.6) is 5.75 Å². The number of aryl methyl sites for hydroxylation is 1. The second-order valence-electron chi connectivity index (χ2n) is 6.64. The van der Waals surface area contributed by atoms with E-state index in [1.807, 2.05) is 31.2 Å². The summed E-state index contributed by atoms with van der Waals surface area (Å²) in [6.07, 6.45) is 0.746. The van der Waals surface area contributed by atoms with E-state index in [0.29, 0.717) is 42.5 Å². The van der Waals surface area contributed by atoms with Gasteiger partial charge in [-0.05, 0) is 49.7 Å². The molecule has 142 valence electrons. The lowest BCUT2D eigenvalue weighted by molar-refractivity contribution is -0.133. The fourth-order valence-electron chi connectivity index (χ4n) is 3.02. The minimum Gasteiger partial charge on any atom is -0.484 e. The van der Waals surface area contributed by atoms with Gasteiger partial charge in [0.05, 0.1) is 0 Å². The van der Waals surface area contributed by atoms with Crippen molar-refractivity contribution in [3.63, 3.8) is 0 Å². The molecule has 0 atom stereocenters. The first-order valence-electron chi connectivity index (χ1n) is 9.05. The van der Waals surface area contributed by atoms with Crippen LogP contribution >= 0.6 is 11.6 Å². The molecule has 27 heavy (non-hydrogen) atoms. The van der Waals surface area contributed by atoms with Crippen LogP contribution in [0.2, 0.25) is 5.02 Å². The van der Waals surface area contributed by atoms with E-state index in [-0.39, 0.29) is 18.4 Å². The van der Waals surface area contributed by atoms with Crippen LogP contribution in [0.25, 0.3) is 0 Å². The molecule has 1 heterocycles. The van der Waals surface area contributed by atoms with E-state index >= 15 is 0 Å². The number of hydrogen-bond donors (Lipinski definition) is 0. The fourth-order valence-corrected chi connectivity index (χ4v) is 3.14. The number of hydrogen-bond acceptors (Lipinski definition) is 3. The van der Waals surface area contributed by atoms with Crippen molar-refractivity contribution in [2.45, 2.75) is 13.3 Å². The lowest BCUT2D eigenvalue weighted by Crippen LogP contribution is -2.39. The Bertz CT molecular complexity index is 790. The van der Waals surface area contributed by atoms with Gasteiger partial charge in [0.2, 0.25) is 0 Å². The summed E-state index contributed by atoms with van der Waals surface area (Å²) in [5, 5.41) is 0.604. The van der Waals surface area contributed by atoms with Crippen LogP contribution in [0.15, 0.2) is 48.5 Å². The molecule has 0 unspecified atom stereocenters. The van der Waals surface area contributed by atoms with E-state index in [0.717, 1.165) is 12.0 Å². The molecule has 0 bridgehead atoms. The van der Waals surface area contributed by atoms with Crippen LogP contribution in [0.4, 0.5) is 0 Å². The average Bonchev–Trinajstić information content (AvgIpc) is 2.94. The molecule has 0 N–H and O–H groups in total. The number of carbonyl (C=O) groups excluding carboxylic acids is 2. The molecule has 0 radical (unpaired) electrons. The summed E-state index contributed by atoms with van der Waals surface area (Å²) >= 11 is 5.88. The zero-order chi connectivity index (χ0) is 19.2. The summed E-state index contributed by atoms with van der Waals surface area (Å²) in [5.74, 6) is 0.594. The lowest BCUT2D eigenvalue weighted by atomic mass is 10.2. The monoisotopic (exact) mass is 386 g/mol.